The summed E-state index contributed by atoms with van der Waals surface area (Å²) in [7, 11) is 0. The van der Waals surface area contributed by atoms with E-state index < -0.39 is 5.41 Å². The Morgan fingerprint density at radius 3 is 2.45 bits per heavy atom. The van der Waals surface area contributed by atoms with Gasteiger partial charge in [-0.25, -0.2) is 0 Å². The molecule has 0 saturated carbocycles. The van der Waals surface area contributed by atoms with Crippen LogP contribution in [0.1, 0.15) is 40.9 Å². The second kappa shape index (κ2) is 9.00. The minimum absolute atomic E-state index is 0.502. The molecule has 1 N–H and O–H groups in total. The van der Waals surface area contributed by atoms with E-state index in [2.05, 4.69) is 76.9 Å². The van der Waals surface area contributed by atoms with E-state index in [1.54, 1.807) is 0 Å². The molecule has 0 amide bonds. The van der Waals surface area contributed by atoms with Gasteiger partial charge in [0.05, 0.1) is 16.8 Å². The number of ether oxygens (including phenoxy) is 1. The molecule has 1 atom stereocenters. The summed E-state index contributed by atoms with van der Waals surface area (Å²) >= 11 is 0. The number of hydrogen-bond donors (Lipinski definition) is 1. The second-order valence-electron chi connectivity index (χ2n) is 9.92. The molecular weight excluding hydrogens is 466 g/mol. The Bertz CT molecular complexity index is 1710. The lowest BCUT2D eigenvalue weighted by Gasteiger charge is -2.34. The Kier molecular flexibility index (Phi) is 5.33. The normalized spacial score (nSPS) is 17.8. The number of pyridine rings is 1. The lowest BCUT2D eigenvalue weighted by atomic mass is 9.68. The van der Waals surface area contributed by atoms with Gasteiger partial charge in [-0.3, -0.25) is 10.1 Å². The maximum atomic E-state index is 6.46. The average molecular weight is 494 g/mol. The molecule has 184 valence electrons. The molecule has 7 rings (SSSR count). The quantitative estimate of drug-likeness (QED) is 0.270. The minimum atomic E-state index is -0.502. The number of nitrogens with zero attached hydrogens (tertiary/aromatic N) is 2. The molecule has 0 spiro atoms. The molecule has 2 heterocycles. The van der Waals surface area contributed by atoms with E-state index in [1.165, 1.54) is 22.3 Å². The summed E-state index contributed by atoms with van der Waals surface area (Å²) in [6, 6.07) is 33.6. The standard InChI is InChI=1S/C34H27N3O/c1-23-20-32(37-36-23)24-10-8-12-26(21-24)38-27-13-9-11-25(22-27)34(33-18-6-7-19-35-33)30-16-4-2-14-28(30)29-15-3-5-17-31(29)34/h2,4,6-22H,3,5H2,1H3,(H,36,37)/t34-/m1/s1. The van der Waals surface area contributed by atoms with Gasteiger partial charge >= 0.3 is 0 Å². The zero-order valence-electron chi connectivity index (χ0n) is 21.2. The highest BCUT2D eigenvalue weighted by Gasteiger charge is 2.49. The summed E-state index contributed by atoms with van der Waals surface area (Å²) in [5.41, 5.74) is 9.82. The maximum Gasteiger partial charge on any atom is 0.128 e. The highest BCUT2D eigenvalue weighted by molar-refractivity contribution is 5.94. The first-order valence-electron chi connectivity index (χ1n) is 13.1. The van der Waals surface area contributed by atoms with E-state index in [9.17, 15) is 0 Å². The van der Waals surface area contributed by atoms with Crippen LogP contribution in [0, 0.1) is 6.92 Å². The summed E-state index contributed by atoms with van der Waals surface area (Å²) in [5.74, 6) is 1.57. The number of hydrogen-bond acceptors (Lipinski definition) is 3. The average Bonchev–Trinajstić information content (AvgIpc) is 3.54. The van der Waals surface area contributed by atoms with Gasteiger partial charge in [0.2, 0.25) is 0 Å². The molecule has 5 aromatic rings. The molecule has 0 radical (unpaired) electrons. The van der Waals surface area contributed by atoms with E-state index >= 15 is 0 Å². The number of H-pyrrole nitrogens is 1. The van der Waals surface area contributed by atoms with Gasteiger partial charge in [-0.15, -0.1) is 0 Å². The van der Waals surface area contributed by atoms with Crippen LogP contribution in [0.2, 0.25) is 0 Å². The van der Waals surface area contributed by atoms with E-state index in [1.807, 2.05) is 55.6 Å². The van der Waals surface area contributed by atoms with Gasteiger partial charge in [-0.05, 0) is 90.1 Å². The molecule has 2 aliphatic carbocycles. The first-order chi connectivity index (χ1) is 18.7. The number of fused-ring (bicyclic) bond motifs is 3. The zero-order chi connectivity index (χ0) is 25.5. The van der Waals surface area contributed by atoms with E-state index in [4.69, 9.17) is 9.72 Å². The molecular formula is C34H27N3O. The van der Waals surface area contributed by atoms with Crippen LogP contribution in [-0.4, -0.2) is 15.2 Å². The number of aromatic amines is 1. The Labute approximate surface area is 222 Å². The van der Waals surface area contributed by atoms with Crippen LogP contribution in [0.15, 0.2) is 121 Å². The topological polar surface area (TPSA) is 50.8 Å². The van der Waals surface area contributed by atoms with Gasteiger partial charge in [0.1, 0.15) is 11.5 Å². The molecule has 0 saturated heterocycles. The minimum Gasteiger partial charge on any atom is -0.457 e. The van der Waals surface area contributed by atoms with Crippen molar-refractivity contribution >= 4 is 5.57 Å². The highest BCUT2D eigenvalue weighted by Crippen LogP contribution is 2.58. The van der Waals surface area contributed by atoms with Crippen molar-refractivity contribution in [2.45, 2.75) is 25.2 Å². The van der Waals surface area contributed by atoms with Crippen LogP contribution in [-0.2, 0) is 5.41 Å². The number of aryl methyl sites for hydroxylation is 1. The number of nitrogens with one attached hydrogen (secondary N) is 1. The van der Waals surface area contributed by atoms with Gasteiger partial charge in [-0.2, -0.15) is 5.10 Å². The lowest BCUT2D eigenvalue weighted by molar-refractivity contribution is 0.481. The van der Waals surface area contributed by atoms with Crippen molar-refractivity contribution in [2.24, 2.45) is 0 Å². The highest BCUT2D eigenvalue weighted by atomic mass is 16.5. The summed E-state index contributed by atoms with van der Waals surface area (Å²) in [5, 5.41) is 7.42. The number of allylic oxidation sites excluding steroid dienone is 4. The Balaban J connectivity index is 1.37. The first-order valence-corrected chi connectivity index (χ1v) is 13.1. The van der Waals surface area contributed by atoms with Crippen LogP contribution in [0.25, 0.3) is 16.8 Å². The van der Waals surface area contributed by atoms with Crippen molar-refractivity contribution in [3.63, 3.8) is 0 Å². The Morgan fingerprint density at radius 2 is 1.61 bits per heavy atom. The Hall–Kier alpha value is -4.70. The molecule has 0 unspecified atom stereocenters. The van der Waals surface area contributed by atoms with Gasteiger partial charge in [-0.1, -0.05) is 66.7 Å². The lowest BCUT2D eigenvalue weighted by Crippen LogP contribution is -2.30. The van der Waals surface area contributed by atoms with E-state index in [-0.39, 0.29) is 0 Å². The van der Waals surface area contributed by atoms with Crippen molar-refractivity contribution in [3.05, 3.63) is 149 Å². The summed E-state index contributed by atoms with van der Waals surface area (Å²) in [6.45, 7) is 2.00. The fourth-order valence-electron chi connectivity index (χ4n) is 6.01. The maximum absolute atomic E-state index is 6.46. The SMILES string of the molecule is Cc1cc(-c2cccc(Oc3cccc([C@]4(c5ccccn5)C5=CCCC=C5c5ccccc54)c3)c2)n[nH]1. The van der Waals surface area contributed by atoms with Crippen LogP contribution >= 0.6 is 0 Å². The van der Waals surface area contributed by atoms with Crippen LogP contribution in [0.3, 0.4) is 0 Å². The number of aromatic nitrogens is 3. The molecule has 38 heavy (non-hydrogen) atoms. The van der Waals surface area contributed by atoms with Crippen LogP contribution in [0.4, 0.5) is 0 Å². The third kappa shape index (κ3) is 3.52. The largest absolute Gasteiger partial charge is 0.457 e. The summed E-state index contributed by atoms with van der Waals surface area (Å²) < 4.78 is 6.46. The van der Waals surface area contributed by atoms with Crippen molar-refractivity contribution < 1.29 is 4.74 Å². The molecule has 4 heteroatoms. The molecule has 3 aromatic carbocycles. The van der Waals surface area contributed by atoms with Gasteiger partial charge in [0, 0.05) is 17.5 Å². The number of benzene rings is 3. The molecule has 2 aliphatic rings. The predicted octanol–water partition coefficient (Wildman–Crippen LogP) is 8.02. The Morgan fingerprint density at radius 1 is 0.789 bits per heavy atom. The third-order valence-corrected chi connectivity index (χ3v) is 7.57. The van der Waals surface area contributed by atoms with Crippen molar-refractivity contribution in [2.75, 3.05) is 0 Å². The van der Waals surface area contributed by atoms with Gasteiger partial charge < -0.3 is 4.74 Å². The molecule has 0 bridgehead atoms. The number of rotatable bonds is 5. The van der Waals surface area contributed by atoms with Crippen LogP contribution in [0.5, 0.6) is 11.5 Å². The van der Waals surface area contributed by atoms with Gasteiger partial charge in [0.15, 0.2) is 0 Å². The fraction of sp³-hybridized carbons (Fsp3) is 0.118. The first kappa shape index (κ1) is 22.5. The van der Waals surface area contributed by atoms with E-state index in [0.29, 0.717) is 0 Å². The zero-order valence-corrected chi connectivity index (χ0v) is 21.2. The monoisotopic (exact) mass is 493 g/mol. The molecule has 2 aromatic heterocycles. The van der Waals surface area contributed by atoms with E-state index in [0.717, 1.165) is 52.5 Å². The molecule has 4 nitrogen and oxygen atoms in total. The fourth-order valence-corrected chi connectivity index (χ4v) is 6.01. The van der Waals surface area contributed by atoms with Gasteiger partial charge in [0.25, 0.3) is 0 Å². The molecule has 0 aliphatic heterocycles. The third-order valence-electron chi connectivity index (χ3n) is 7.57. The molecule has 0 fully saturated rings. The summed E-state index contributed by atoms with van der Waals surface area (Å²) in [6.07, 6.45) is 8.78. The second-order valence-corrected chi connectivity index (χ2v) is 9.92. The van der Waals surface area contributed by atoms with Crippen molar-refractivity contribution in [1.82, 2.24) is 15.2 Å². The smallest absolute Gasteiger partial charge is 0.128 e. The predicted molar refractivity (Wildman–Crippen MR) is 151 cm³/mol. The van der Waals surface area contributed by atoms with Crippen LogP contribution < -0.4 is 4.74 Å². The van der Waals surface area contributed by atoms with Crippen molar-refractivity contribution in [3.8, 4) is 22.8 Å². The van der Waals surface area contributed by atoms with Crippen molar-refractivity contribution in [1.29, 1.82) is 0 Å². The summed E-state index contributed by atoms with van der Waals surface area (Å²) in [4.78, 5) is 4.94.